The number of piperazine rings is 1. The third-order valence-electron chi connectivity index (χ3n) is 4.91. The molecule has 0 unspecified atom stereocenters. The van der Waals surface area contributed by atoms with Crippen LogP contribution in [0.25, 0.3) is 0 Å². The van der Waals surface area contributed by atoms with E-state index in [1.165, 1.54) is 18.7 Å². The molecular formula is C23H24N4O2. The van der Waals surface area contributed by atoms with Crippen molar-refractivity contribution in [3.8, 4) is 6.07 Å². The zero-order valence-corrected chi connectivity index (χ0v) is 16.5. The van der Waals surface area contributed by atoms with E-state index in [-0.39, 0.29) is 17.3 Å². The van der Waals surface area contributed by atoms with Crippen molar-refractivity contribution in [3.05, 3.63) is 77.5 Å². The SMILES string of the molecule is CC(=O)c1cccc(N/C=C(/C#N)C(=O)N2CCN(Cc3ccccc3)CC2)c1. The lowest BCUT2D eigenvalue weighted by atomic mass is 10.1. The minimum Gasteiger partial charge on any atom is -0.360 e. The summed E-state index contributed by atoms with van der Waals surface area (Å²) in [5.41, 5.74) is 2.53. The van der Waals surface area contributed by atoms with Gasteiger partial charge in [-0.2, -0.15) is 5.26 Å². The average Bonchev–Trinajstić information content (AvgIpc) is 2.75. The molecule has 3 rings (SSSR count). The molecule has 29 heavy (non-hydrogen) atoms. The van der Waals surface area contributed by atoms with Crippen LogP contribution in [0.3, 0.4) is 0 Å². The fraction of sp³-hybridized carbons (Fsp3) is 0.261. The predicted molar refractivity (Wildman–Crippen MR) is 112 cm³/mol. The highest BCUT2D eigenvalue weighted by molar-refractivity contribution is 5.98. The molecule has 2 aromatic rings. The van der Waals surface area contributed by atoms with Gasteiger partial charge in [-0.3, -0.25) is 14.5 Å². The topological polar surface area (TPSA) is 76.4 Å². The second kappa shape index (κ2) is 9.67. The number of hydrogen-bond donors (Lipinski definition) is 1. The normalized spacial score (nSPS) is 14.9. The van der Waals surface area contributed by atoms with E-state index in [1.54, 1.807) is 29.2 Å². The predicted octanol–water partition coefficient (Wildman–Crippen LogP) is 3.05. The first-order valence-electron chi connectivity index (χ1n) is 9.60. The monoisotopic (exact) mass is 388 g/mol. The van der Waals surface area contributed by atoms with Crippen molar-refractivity contribution in [1.82, 2.24) is 9.80 Å². The molecule has 148 valence electrons. The maximum absolute atomic E-state index is 12.7. The number of nitrogens with zero attached hydrogens (tertiary/aromatic N) is 3. The van der Waals surface area contributed by atoms with Gasteiger partial charge in [-0.15, -0.1) is 0 Å². The van der Waals surface area contributed by atoms with Crippen LogP contribution in [0.5, 0.6) is 0 Å². The van der Waals surface area contributed by atoms with Gasteiger partial charge in [0.25, 0.3) is 5.91 Å². The van der Waals surface area contributed by atoms with E-state index in [4.69, 9.17) is 0 Å². The van der Waals surface area contributed by atoms with Crippen LogP contribution >= 0.6 is 0 Å². The summed E-state index contributed by atoms with van der Waals surface area (Å²) in [4.78, 5) is 28.2. The molecule has 2 aromatic carbocycles. The van der Waals surface area contributed by atoms with Gasteiger partial charge in [0.15, 0.2) is 5.78 Å². The number of Topliss-reactive ketones (excluding diaryl/α,β-unsaturated/α-hetero) is 1. The van der Waals surface area contributed by atoms with Gasteiger partial charge in [-0.25, -0.2) is 0 Å². The first-order valence-corrected chi connectivity index (χ1v) is 9.60. The summed E-state index contributed by atoms with van der Waals surface area (Å²) in [6.45, 7) is 5.07. The van der Waals surface area contributed by atoms with Crippen LogP contribution in [0, 0.1) is 11.3 Å². The van der Waals surface area contributed by atoms with Crippen LogP contribution in [-0.2, 0) is 11.3 Å². The van der Waals surface area contributed by atoms with Crippen LogP contribution in [0.2, 0.25) is 0 Å². The van der Waals surface area contributed by atoms with Crippen LogP contribution < -0.4 is 5.32 Å². The quantitative estimate of drug-likeness (QED) is 0.468. The Morgan fingerprint density at radius 3 is 2.45 bits per heavy atom. The Morgan fingerprint density at radius 1 is 1.07 bits per heavy atom. The maximum atomic E-state index is 12.7. The van der Waals surface area contributed by atoms with E-state index >= 15 is 0 Å². The second-order valence-corrected chi connectivity index (χ2v) is 7.01. The molecule has 1 aliphatic rings. The number of nitrogens with one attached hydrogen (secondary N) is 1. The van der Waals surface area contributed by atoms with Crippen molar-refractivity contribution >= 4 is 17.4 Å². The van der Waals surface area contributed by atoms with E-state index in [2.05, 4.69) is 22.3 Å². The van der Waals surface area contributed by atoms with Gasteiger partial charge in [0.2, 0.25) is 0 Å². The highest BCUT2D eigenvalue weighted by atomic mass is 16.2. The molecule has 1 heterocycles. The molecule has 1 amide bonds. The van der Waals surface area contributed by atoms with Gasteiger partial charge in [0, 0.05) is 50.2 Å². The summed E-state index contributed by atoms with van der Waals surface area (Å²) in [5, 5.41) is 12.4. The highest BCUT2D eigenvalue weighted by Gasteiger charge is 2.23. The van der Waals surface area contributed by atoms with Gasteiger partial charge in [-0.05, 0) is 24.6 Å². The Bertz CT molecular complexity index is 939. The molecule has 0 aromatic heterocycles. The van der Waals surface area contributed by atoms with Crippen molar-refractivity contribution in [2.45, 2.75) is 13.5 Å². The molecule has 1 fully saturated rings. The van der Waals surface area contributed by atoms with Crippen molar-refractivity contribution in [2.75, 3.05) is 31.5 Å². The fourth-order valence-electron chi connectivity index (χ4n) is 3.25. The Labute approximate surface area is 171 Å². The molecule has 0 atom stereocenters. The standard InChI is InChI=1S/C23H24N4O2/c1-18(28)20-8-5-9-22(14-20)25-16-21(15-24)23(29)27-12-10-26(11-13-27)17-19-6-3-2-4-7-19/h2-9,14,16,25H,10-13,17H2,1H3/b21-16-. The average molecular weight is 388 g/mol. The van der Waals surface area contributed by atoms with Gasteiger partial charge in [0.1, 0.15) is 11.6 Å². The van der Waals surface area contributed by atoms with Gasteiger partial charge < -0.3 is 10.2 Å². The Kier molecular flexibility index (Phi) is 6.77. The minimum atomic E-state index is -0.276. The summed E-state index contributed by atoms with van der Waals surface area (Å²) in [6, 6.07) is 19.2. The zero-order valence-electron chi connectivity index (χ0n) is 16.5. The Hall–Kier alpha value is -3.43. The van der Waals surface area contributed by atoms with E-state index in [9.17, 15) is 14.9 Å². The molecular weight excluding hydrogens is 364 g/mol. The van der Waals surface area contributed by atoms with Crippen LogP contribution in [0.1, 0.15) is 22.8 Å². The van der Waals surface area contributed by atoms with Gasteiger partial charge in [-0.1, -0.05) is 42.5 Å². The number of hydrogen-bond acceptors (Lipinski definition) is 5. The van der Waals surface area contributed by atoms with Gasteiger partial charge >= 0.3 is 0 Å². The summed E-state index contributed by atoms with van der Waals surface area (Å²) < 4.78 is 0. The van der Waals surface area contributed by atoms with Crippen LogP contribution in [0.15, 0.2) is 66.4 Å². The van der Waals surface area contributed by atoms with Crippen molar-refractivity contribution < 1.29 is 9.59 Å². The number of carbonyl (C=O) groups is 2. The molecule has 0 aliphatic carbocycles. The summed E-state index contributed by atoms with van der Waals surface area (Å²) in [6.07, 6.45) is 1.41. The number of carbonyl (C=O) groups excluding carboxylic acids is 2. The van der Waals surface area contributed by atoms with Crippen LogP contribution in [0.4, 0.5) is 5.69 Å². The Morgan fingerprint density at radius 2 is 1.79 bits per heavy atom. The number of amides is 1. The maximum Gasteiger partial charge on any atom is 0.266 e. The number of benzene rings is 2. The van der Waals surface area contributed by atoms with E-state index < -0.39 is 0 Å². The van der Waals surface area contributed by atoms with E-state index in [1.807, 2.05) is 24.3 Å². The molecule has 0 spiro atoms. The molecule has 0 radical (unpaired) electrons. The third-order valence-corrected chi connectivity index (χ3v) is 4.91. The zero-order chi connectivity index (χ0) is 20.6. The van der Waals surface area contributed by atoms with Crippen LogP contribution in [-0.4, -0.2) is 47.7 Å². The summed E-state index contributed by atoms with van der Waals surface area (Å²) >= 11 is 0. The molecule has 0 bridgehead atoms. The smallest absolute Gasteiger partial charge is 0.266 e. The molecule has 1 aliphatic heterocycles. The fourth-order valence-corrected chi connectivity index (χ4v) is 3.25. The molecule has 0 saturated carbocycles. The van der Waals surface area contributed by atoms with Gasteiger partial charge in [0.05, 0.1) is 0 Å². The largest absolute Gasteiger partial charge is 0.360 e. The molecule has 6 heteroatoms. The second-order valence-electron chi connectivity index (χ2n) is 7.01. The molecule has 1 N–H and O–H groups in total. The first kappa shape index (κ1) is 20.3. The summed E-state index contributed by atoms with van der Waals surface area (Å²) in [7, 11) is 0. The van der Waals surface area contributed by atoms with E-state index in [0.29, 0.717) is 24.3 Å². The van der Waals surface area contributed by atoms with Crippen molar-refractivity contribution in [2.24, 2.45) is 0 Å². The van der Waals surface area contributed by atoms with Crippen molar-refractivity contribution in [3.63, 3.8) is 0 Å². The summed E-state index contributed by atoms with van der Waals surface area (Å²) in [5.74, 6) is -0.315. The number of anilines is 1. The van der Waals surface area contributed by atoms with E-state index in [0.717, 1.165) is 19.6 Å². The van der Waals surface area contributed by atoms with Crippen molar-refractivity contribution in [1.29, 1.82) is 5.26 Å². The first-order chi connectivity index (χ1) is 14.1. The minimum absolute atomic E-state index is 0.0393. The lowest BCUT2D eigenvalue weighted by Gasteiger charge is -2.34. The number of rotatable bonds is 6. The lowest BCUT2D eigenvalue weighted by molar-refractivity contribution is -0.128. The lowest BCUT2D eigenvalue weighted by Crippen LogP contribution is -2.48. The molecule has 6 nitrogen and oxygen atoms in total. The Balaban J connectivity index is 1.57. The number of nitriles is 1. The third kappa shape index (κ3) is 5.53. The number of ketones is 1. The molecule has 1 saturated heterocycles. The highest BCUT2D eigenvalue weighted by Crippen LogP contribution is 2.14.